The number of anilines is 1. The summed E-state index contributed by atoms with van der Waals surface area (Å²) in [6.45, 7) is 1.93. The van der Waals surface area contributed by atoms with Gasteiger partial charge < -0.3 is 4.74 Å². The van der Waals surface area contributed by atoms with Gasteiger partial charge in [-0.1, -0.05) is 78.9 Å². The summed E-state index contributed by atoms with van der Waals surface area (Å²) in [5.74, 6) is -1.89. The molecule has 0 spiro atoms. The second kappa shape index (κ2) is 7.74. The molecule has 2 atom stereocenters. The first-order valence-corrected chi connectivity index (χ1v) is 12.4. The highest BCUT2D eigenvalue weighted by Crippen LogP contribution is 2.67. The summed E-state index contributed by atoms with van der Waals surface area (Å²) < 4.78 is 5.73. The van der Waals surface area contributed by atoms with E-state index in [0.29, 0.717) is 11.3 Å². The molecule has 0 radical (unpaired) electrons. The van der Waals surface area contributed by atoms with Crippen LogP contribution in [0.5, 0.6) is 5.75 Å². The minimum atomic E-state index is -0.957. The number of hydrogen-bond acceptors (Lipinski definition) is 4. The van der Waals surface area contributed by atoms with Crippen LogP contribution in [-0.2, 0) is 9.59 Å². The first kappa shape index (κ1) is 21.7. The van der Waals surface area contributed by atoms with Gasteiger partial charge in [-0.05, 0) is 53.4 Å². The molecule has 0 aromatic heterocycles. The van der Waals surface area contributed by atoms with Crippen molar-refractivity contribution in [2.75, 3.05) is 4.90 Å². The quantitative estimate of drug-likeness (QED) is 0.212. The number of esters is 1. The normalized spacial score (nSPS) is 24.9. The Kier molecular flexibility index (Phi) is 4.55. The van der Waals surface area contributed by atoms with Crippen LogP contribution in [0.1, 0.15) is 51.4 Å². The lowest BCUT2D eigenvalue weighted by Gasteiger charge is -2.51. The second-order valence-electron chi connectivity index (χ2n) is 10.1. The minimum Gasteiger partial charge on any atom is -0.421 e. The number of imide groups is 1. The largest absolute Gasteiger partial charge is 0.421 e. The van der Waals surface area contributed by atoms with Crippen molar-refractivity contribution in [2.45, 2.75) is 18.8 Å². The third-order valence-electron chi connectivity index (χ3n) is 8.33. The van der Waals surface area contributed by atoms with Crippen LogP contribution in [0.4, 0.5) is 5.69 Å². The van der Waals surface area contributed by atoms with Crippen LogP contribution in [0, 0.1) is 11.3 Å². The first-order valence-electron chi connectivity index (χ1n) is 12.4. The van der Waals surface area contributed by atoms with Crippen molar-refractivity contribution in [3.8, 4) is 5.75 Å². The summed E-state index contributed by atoms with van der Waals surface area (Å²) in [6, 6.07) is 31.8. The van der Waals surface area contributed by atoms with Crippen molar-refractivity contribution in [1.82, 2.24) is 0 Å². The molecule has 4 aliphatic rings. The highest BCUT2D eigenvalue weighted by Gasteiger charge is 2.69. The lowest BCUT2D eigenvalue weighted by molar-refractivity contribution is -0.128. The maximum Gasteiger partial charge on any atom is 0.343 e. The molecule has 0 unspecified atom stereocenters. The summed E-state index contributed by atoms with van der Waals surface area (Å²) in [6.07, 6.45) is 0. The second-order valence-corrected chi connectivity index (χ2v) is 10.1. The van der Waals surface area contributed by atoms with Gasteiger partial charge in [0.15, 0.2) is 5.75 Å². The van der Waals surface area contributed by atoms with Gasteiger partial charge >= 0.3 is 5.97 Å². The lowest BCUT2D eigenvalue weighted by Crippen LogP contribution is -2.49. The standard InChI is InChI=1S/C32H23NO4/c1-32-27-22-15-7-5-13-20(22)26(21-14-6-8-16-23(21)27)28(32)29(34)33(31(32)36)24-17-9-10-18-25(24)37-30(35)19-11-3-2-4-12-19/h2-18,26-28H,1H3/t26?,27?,28-,32-/m0/s1. The Labute approximate surface area is 214 Å². The van der Waals surface area contributed by atoms with E-state index in [1.54, 1.807) is 48.5 Å². The fraction of sp³-hybridized carbons (Fsp3) is 0.156. The van der Waals surface area contributed by atoms with Crippen molar-refractivity contribution >= 4 is 23.5 Å². The van der Waals surface area contributed by atoms with E-state index in [1.807, 2.05) is 37.3 Å². The fourth-order valence-electron chi connectivity index (χ4n) is 6.81. The maximum absolute atomic E-state index is 14.4. The SMILES string of the molecule is C[C@@]12C(=O)N(c3ccccc3OC(=O)c3ccccc3)C(=O)[C@@H]1C1c3ccccc3C2c2ccccc21. The van der Waals surface area contributed by atoms with Gasteiger partial charge in [0.2, 0.25) is 11.8 Å². The molecule has 5 nitrogen and oxygen atoms in total. The number of rotatable bonds is 3. The average Bonchev–Trinajstić information content (AvgIpc) is 3.14. The Hall–Kier alpha value is -4.51. The number of benzene rings is 4. The van der Waals surface area contributed by atoms with E-state index in [9.17, 15) is 14.4 Å². The topological polar surface area (TPSA) is 63.7 Å². The number of para-hydroxylation sites is 2. The molecule has 1 saturated heterocycles. The summed E-state index contributed by atoms with van der Waals surface area (Å²) in [5.41, 5.74) is 4.17. The molecular weight excluding hydrogens is 462 g/mol. The first-order chi connectivity index (χ1) is 18.0. The molecule has 0 saturated carbocycles. The molecule has 1 aliphatic heterocycles. The van der Waals surface area contributed by atoms with Gasteiger partial charge in [0, 0.05) is 11.8 Å². The molecule has 4 aromatic carbocycles. The van der Waals surface area contributed by atoms with E-state index in [-0.39, 0.29) is 29.4 Å². The van der Waals surface area contributed by atoms with Crippen molar-refractivity contribution in [1.29, 1.82) is 0 Å². The smallest absolute Gasteiger partial charge is 0.343 e. The summed E-state index contributed by atoms with van der Waals surface area (Å²) >= 11 is 0. The number of carbonyl (C=O) groups is 3. The number of nitrogens with zero attached hydrogens (tertiary/aromatic N) is 1. The Bertz CT molecular complexity index is 1560. The number of hydrogen-bond donors (Lipinski definition) is 0. The van der Waals surface area contributed by atoms with Gasteiger partial charge in [-0.2, -0.15) is 0 Å². The van der Waals surface area contributed by atoms with Crippen LogP contribution in [0.15, 0.2) is 103 Å². The van der Waals surface area contributed by atoms with Crippen LogP contribution in [0.25, 0.3) is 0 Å². The molecule has 8 rings (SSSR count). The molecule has 2 amide bonds. The molecule has 0 N–H and O–H groups in total. The predicted molar refractivity (Wildman–Crippen MR) is 139 cm³/mol. The third kappa shape index (κ3) is 2.82. The summed E-state index contributed by atoms with van der Waals surface area (Å²) in [5, 5.41) is 0. The van der Waals surface area contributed by atoms with E-state index in [1.165, 1.54) is 4.90 Å². The van der Waals surface area contributed by atoms with Crippen LogP contribution in [0.3, 0.4) is 0 Å². The molecule has 180 valence electrons. The highest BCUT2D eigenvalue weighted by atomic mass is 16.5. The minimum absolute atomic E-state index is 0.183. The Morgan fingerprint density at radius 1 is 0.730 bits per heavy atom. The molecule has 3 aliphatic carbocycles. The molecule has 2 bridgehead atoms. The highest BCUT2D eigenvalue weighted by molar-refractivity contribution is 6.25. The number of amides is 2. The van der Waals surface area contributed by atoms with Crippen molar-refractivity contribution < 1.29 is 19.1 Å². The van der Waals surface area contributed by atoms with Gasteiger partial charge in [-0.15, -0.1) is 0 Å². The van der Waals surface area contributed by atoms with E-state index in [2.05, 4.69) is 24.3 Å². The van der Waals surface area contributed by atoms with E-state index >= 15 is 0 Å². The Morgan fingerprint density at radius 3 is 1.92 bits per heavy atom. The van der Waals surface area contributed by atoms with Crippen molar-refractivity contribution in [2.24, 2.45) is 11.3 Å². The monoisotopic (exact) mass is 485 g/mol. The molecule has 1 heterocycles. The number of carbonyl (C=O) groups excluding carboxylic acids is 3. The van der Waals surface area contributed by atoms with Crippen molar-refractivity contribution in [3.05, 3.63) is 131 Å². The van der Waals surface area contributed by atoms with E-state index in [4.69, 9.17) is 4.74 Å². The molecular formula is C32H23NO4. The van der Waals surface area contributed by atoms with Gasteiger partial charge in [-0.25, -0.2) is 9.69 Å². The molecule has 1 fully saturated rings. The molecule has 5 heteroatoms. The lowest BCUT2D eigenvalue weighted by atomic mass is 9.48. The number of ether oxygens (including phenoxy) is 1. The molecule has 4 aromatic rings. The third-order valence-corrected chi connectivity index (χ3v) is 8.33. The van der Waals surface area contributed by atoms with Crippen LogP contribution >= 0.6 is 0 Å². The summed E-state index contributed by atoms with van der Waals surface area (Å²) in [7, 11) is 0. The van der Waals surface area contributed by atoms with Gasteiger partial charge in [0.1, 0.15) is 0 Å². The Morgan fingerprint density at radius 2 is 1.27 bits per heavy atom. The fourth-order valence-corrected chi connectivity index (χ4v) is 6.81. The van der Waals surface area contributed by atoms with Gasteiger partial charge in [0.25, 0.3) is 0 Å². The van der Waals surface area contributed by atoms with E-state index in [0.717, 1.165) is 22.3 Å². The Balaban J connectivity index is 1.36. The van der Waals surface area contributed by atoms with Crippen LogP contribution < -0.4 is 9.64 Å². The van der Waals surface area contributed by atoms with Gasteiger partial charge in [0.05, 0.1) is 22.6 Å². The maximum atomic E-state index is 14.4. The van der Waals surface area contributed by atoms with Crippen molar-refractivity contribution in [3.63, 3.8) is 0 Å². The summed E-state index contributed by atoms with van der Waals surface area (Å²) in [4.78, 5) is 42.7. The molecule has 37 heavy (non-hydrogen) atoms. The van der Waals surface area contributed by atoms with Crippen LogP contribution in [-0.4, -0.2) is 17.8 Å². The predicted octanol–water partition coefficient (Wildman–Crippen LogP) is 5.69. The zero-order valence-corrected chi connectivity index (χ0v) is 20.1. The zero-order chi connectivity index (χ0) is 25.3. The van der Waals surface area contributed by atoms with Crippen LogP contribution in [0.2, 0.25) is 0 Å². The average molecular weight is 486 g/mol. The van der Waals surface area contributed by atoms with E-state index < -0.39 is 17.3 Å². The zero-order valence-electron chi connectivity index (χ0n) is 20.1. The van der Waals surface area contributed by atoms with Gasteiger partial charge in [-0.3, -0.25) is 9.59 Å².